The van der Waals surface area contributed by atoms with Gasteiger partial charge in [0.2, 0.25) is 17.7 Å². The van der Waals surface area contributed by atoms with Gasteiger partial charge in [-0.2, -0.15) is 0 Å². The summed E-state index contributed by atoms with van der Waals surface area (Å²) in [6.07, 6.45) is 1.57. The van der Waals surface area contributed by atoms with Gasteiger partial charge in [-0.15, -0.1) is 0 Å². The van der Waals surface area contributed by atoms with E-state index in [0.29, 0.717) is 19.3 Å². The zero-order valence-corrected chi connectivity index (χ0v) is 24.3. The number of carbonyl (C=O) groups is 4. The Morgan fingerprint density at radius 2 is 1.33 bits per heavy atom. The molecule has 0 aromatic heterocycles. The first-order chi connectivity index (χ1) is 19.8. The minimum atomic E-state index is -1.25. The van der Waals surface area contributed by atoms with Gasteiger partial charge in [-0.1, -0.05) is 50.6 Å². The molecule has 0 radical (unpaired) electrons. The molecule has 42 heavy (non-hydrogen) atoms. The van der Waals surface area contributed by atoms with Crippen LogP contribution in [0.5, 0.6) is 0 Å². The number of benzene rings is 1. The maximum Gasteiger partial charge on any atom is 0.326 e. The number of aliphatic carboxylic acids is 1. The molecule has 3 amide bonds. The van der Waals surface area contributed by atoms with Crippen LogP contribution in [0.25, 0.3) is 0 Å². The van der Waals surface area contributed by atoms with Crippen LogP contribution in [0.2, 0.25) is 0 Å². The third kappa shape index (κ3) is 13.8. The van der Waals surface area contributed by atoms with Gasteiger partial charge in [0, 0.05) is 13.1 Å². The van der Waals surface area contributed by atoms with Crippen molar-refractivity contribution < 1.29 is 24.3 Å². The Balaban J connectivity index is 3.03. The Kier molecular flexibility index (Phi) is 16.0. The average Bonchev–Trinajstić information content (AvgIpc) is 2.94. The van der Waals surface area contributed by atoms with Gasteiger partial charge in [0.25, 0.3) is 0 Å². The number of nitrogens with one attached hydrogen (secondary N) is 3. The maximum atomic E-state index is 13.4. The number of hydrogen-bond acceptors (Lipinski definition) is 7. The fourth-order valence-electron chi connectivity index (χ4n) is 3.99. The Bertz CT molecular complexity index is 1070. The molecular formula is C27H46N10O5. The van der Waals surface area contributed by atoms with Crippen molar-refractivity contribution in [2.75, 3.05) is 13.1 Å². The van der Waals surface area contributed by atoms with Gasteiger partial charge in [-0.05, 0) is 43.6 Å². The third-order valence-corrected chi connectivity index (χ3v) is 6.57. The van der Waals surface area contributed by atoms with E-state index < -0.39 is 47.9 Å². The number of nitrogens with zero attached hydrogens (tertiary/aromatic N) is 2. The summed E-state index contributed by atoms with van der Waals surface area (Å²) in [5, 5.41) is 17.5. The maximum absolute atomic E-state index is 13.4. The van der Waals surface area contributed by atoms with Crippen LogP contribution in [0.4, 0.5) is 0 Å². The van der Waals surface area contributed by atoms with Crippen LogP contribution in [-0.4, -0.2) is 78.0 Å². The number of carbonyl (C=O) groups excluding carboxylic acids is 3. The first-order valence-corrected chi connectivity index (χ1v) is 13.9. The molecule has 0 aliphatic heterocycles. The Morgan fingerprint density at radius 1 is 0.810 bits per heavy atom. The second-order valence-corrected chi connectivity index (χ2v) is 10.0. The van der Waals surface area contributed by atoms with E-state index in [1.54, 1.807) is 6.92 Å². The number of aliphatic imine (C=N–C) groups is 2. The molecule has 1 rings (SSSR count). The van der Waals surface area contributed by atoms with Crippen LogP contribution in [0.3, 0.4) is 0 Å². The highest BCUT2D eigenvalue weighted by molar-refractivity contribution is 5.94. The molecule has 0 spiro atoms. The summed E-state index contributed by atoms with van der Waals surface area (Å²) in [5.74, 6) is -3.64. The topological polar surface area (TPSA) is 279 Å². The molecule has 0 aliphatic carbocycles. The van der Waals surface area contributed by atoms with Crippen LogP contribution in [0.1, 0.15) is 51.5 Å². The number of nitrogens with two attached hydrogens (primary N) is 5. The van der Waals surface area contributed by atoms with Crippen molar-refractivity contribution in [3.05, 3.63) is 35.9 Å². The van der Waals surface area contributed by atoms with Crippen LogP contribution < -0.4 is 44.6 Å². The van der Waals surface area contributed by atoms with Gasteiger partial charge in [0.05, 0.1) is 6.04 Å². The van der Waals surface area contributed by atoms with Gasteiger partial charge in [0.15, 0.2) is 11.9 Å². The highest BCUT2D eigenvalue weighted by atomic mass is 16.4. The standard InChI is InChI=1S/C27H46N10O5/c1-3-16(2)21(37-22(38)18(28)15-17-9-5-4-6-10-17)24(40)35-19(11-7-13-33-26(29)30)23(39)36-20(25(41)42)12-8-14-34-27(31)32/h4-6,9-10,16,18-21H,3,7-8,11-15,28H2,1-2H3,(H,35,40)(H,36,39)(H,37,38)(H,41,42)(H4,29,30,33)(H4,31,32,34). The minimum absolute atomic E-state index is 0.0530. The molecule has 0 saturated heterocycles. The molecule has 15 heteroatoms. The summed E-state index contributed by atoms with van der Waals surface area (Å²) in [4.78, 5) is 59.1. The van der Waals surface area contributed by atoms with E-state index in [0.717, 1.165) is 5.56 Å². The molecule has 0 saturated carbocycles. The number of hydrogen-bond donors (Lipinski definition) is 9. The predicted octanol–water partition coefficient (Wildman–Crippen LogP) is -1.75. The predicted molar refractivity (Wildman–Crippen MR) is 161 cm³/mol. The Morgan fingerprint density at radius 3 is 1.83 bits per heavy atom. The Hall–Kier alpha value is -4.40. The van der Waals surface area contributed by atoms with E-state index in [9.17, 15) is 24.3 Å². The SMILES string of the molecule is CCC(C)C(NC(=O)C(N)Cc1ccccc1)C(=O)NC(CCCN=C(N)N)C(=O)NC(CCCN=C(N)N)C(=O)O. The van der Waals surface area contributed by atoms with E-state index in [-0.39, 0.29) is 50.2 Å². The molecule has 0 bridgehead atoms. The van der Waals surface area contributed by atoms with Crippen molar-refractivity contribution in [2.24, 2.45) is 44.6 Å². The van der Waals surface area contributed by atoms with Crippen LogP contribution in [0.15, 0.2) is 40.3 Å². The van der Waals surface area contributed by atoms with Crippen molar-refractivity contribution in [1.82, 2.24) is 16.0 Å². The fraction of sp³-hybridized carbons (Fsp3) is 0.556. The van der Waals surface area contributed by atoms with Gasteiger partial charge >= 0.3 is 5.97 Å². The number of amides is 3. The van der Waals surface area contributed by atoms with E-state index in [2.05, 4.69) is 25.9 Å². The third-order valence-electron chi connectivity index (χ3n) is 6.57. The second-order valence-electron chi connectivity index (χ2n) is 10.0. The summed E-state index contributed by atoms with van der Waals surface area (Å²) < 4.78 is 0. The summed E-state index contributed by atoms with van der Waals surface area (Å²) >= 11 is 0. The zero-order valence-electron chi connectivity index (χ0n) is 24.3. The van der Waals surface area contributed by atoms with E-state index in [1.807, 2.05) is 37.3 Å². The number of guanidine groups is 2. The number of carboxylic acid groups (broad SMARTS) is 1. The molecular weight excluding hydrogens is 544 g/mol. The number of carboxylic acids is 1. The Labute approximate surface area is 246 Å². The lowest BCUT2D eigenvalue weighted by Crippen LogP contribution is -2.58. The van der Waals surface area contributed by atoms with Crippen molar-refractivity contribution in [3.8, 4) is 0 Å². The van der Waals surface area contributed by atoms with Crippen LogP contribution in [-0.2, 0) is 25.6 Å². The molecule has 0 heterocycles. The van der Waals surface area contributed by atoms with Gasteiger partial charge < -0.3 is 49.7 Å². The van der Waals surface area contributed by atoms with Gasteiger partial charge in [-0.3, -0.25) is 24.4 Å². The largest absolute Gasteiger partial charge is 0.480 e. The van der Waals surface area contributed by atoms with E-state index in [4.69, 9.17) is 28.7 Å². The summed E-state index contributed by atoms with van der Waals surface area (Å²) in [6.45, 7) is 4.02. The van der Waals surface area contributed by atoms with Crippen LogP contribution >= 0.6 is 0 Å². The van der Waals surface area contributed by atoms with E-state index >= 15 is 0 Å². The molecule has 5 atom stereocenters. The molecule has 234 valence electrons. The molecule has 14 N–H and O–H groups in total. The normalized spacial score (nSPS) is 14.3. The van der Waals surface area contributed by atoms with Gasteiger partial charge in [-0.25, -0.2) is 4.79 Å². The number of rotatable bonds is 19. The lowest BCUT2D eigenvalue weighted by atomic mass is 9.96. The molecule has 5 unspecified atom stereocenters. The summed E-state index contributed by atoms with van der Waals surface area (Å²) in [6, 6.07) is 4.96. The molecule has 1 aromatic carbocycles. The first-order valence-electron chi connectivity index (χ1n) is 13.9. The quantitative estimate of drug-likeness (QED) is 0.0497. The lowest BCUT2D eigenvalue weighted by molar-refractivity contribution is -0.142. The van der Waals surface area contributed by atoms with Crippen molar-refractivity contribution >= 4 is 35.6 Å². The van der Waals surface area contributed by atoms with Crippen LogP contribution in [0, 0.1) is 5.92 Å². The lowest BCUT2D eigenvalue weighted by Gasteiger charge is -2.28. The summed E-state index contributed by atoms with van der Waals surface area (Å²) in [7, 11) is 0. The highest BCUT2D eigenvalue weighted by Crippen LogP contribution is 2.11. The monoisotopic (exact) mass is 590 g/mol. The fourth-order valence-corrected chi connectivity index (χ4v) is 3.99. The molecule has 1 aromatic rings. The van der Waals surface area contributed by atoms with Crippen molar-refractivity contribution in [3.63, 3.8) is 0 Å². The summed E-state index contributed by atoms with van der Waals surface area (Å²) in [5.41, 5.74) is 28.3. The molecule has 15 nitrogen and oxygen atoms in total. The van der Waals surface area contributed by atoms with Crippen molar-refractivity contribution in [2.45, 2.75) is 76.5 Å². The minimum Gasteiger partial charge on any atom is -0.480 e. The second kappa shape index (κ2) is 18.9. The highest BCUT2D eigenvalue weighted by Gasteiger charge is 2.32. The van der Waals surface area contributed by atoms with Gasteiger partial charge in [0.1, 0.15) is 18.1 Å². The molecule has 0 aliphatic rings. The van der Waals surface area contributed by atoms with E-state index in [1.165, 1.54) is 0 Å². The average molecular weight is 591 g/mol. The van der Waals surface area contributed by atoms with Crippen molar-refractivity contribution in [1.29, 1.82) is 0 Å². The first kappa shape index (κ1) is 35.6. The zero-order chi connectivity index (χ0) is 31.7. The molecule has 0 fully saturated rings. The smallest absolute Gasteiger partial charge is 0.326 e.